The van der Waals surface area contributed by atoms with Crippen LogP contribution < -0.4 is 0 Å². The van der Waals surface area contributed by atoms with E-state index in [1.165, 1.54) is 37.7 Å². The molecule has 3 saturated carbocycles. The minimum Gasteiger partial charge on any atom is -0.333 e. The van der Waals surface area contributed by atoms with E-state index in [4.69, 9.17) is 11.6 Å². The summed E-state index contributed by atoms with van der Waals surface area (Å²) in [7, 11) is 0. The maximum absolute atomic E-state index is 13.2. The van der Waals surface area contributed by atoms with Gasteiger partial charge in [0.2, 0.25) is 5.91 Å². The Morgan fingerprint density at radius 2 is 1.86 bits per heavy atom. The van der Waals surface area contributed by atoms with Crippen molar-refractivity contribution in [2.24, 2.45) is 17.8 Å². The Hall–Kier alpha value is -1.02. The van der Waals surface area contributed by atoms with E-state index in [9.17, 15) is 4.79 Å². The highest BCUT2D eigenvalue weighted by atomic mass is 35.5. The van der Waals surface area contributed by atoms with Gasteiger partial charge in [-0.3, -0.25) is 4.79 Å². The first-order valence-corrected chi connectivity index (χ1v) is 9.09. The summed E-state index contributed by atoms with van der Waals surface area (Å²) >= 11 is 6.00. The van der Waals surface area contributed by atoms with E-state index in [2.05, 4.69) is 24.0 Å². The van der Waals surface area contributed by atoms with Gasteiger partial charge in [-0.1, -0.05) is 30.2 Å². The van der Waals surface area contributed by atoms with Crippen molar-refractivity contribution in [3.05, 3.63) is 34.9 Å². The average molecular weight is 318 g/mol. The summed E-state index contributed by atoms with van der Waals surface area (Å²) in [4.78, 5) is 15.4. The Labute approximate surface area is 137 Å². The molecule has 3 fully saturated rings. The number of carbonyl (C=O) groups excluding carboxylic acids is 1. The van der Waals surface area contributed by atoms with Crippen molar-refractivity contribution in [3.63, 3.8) is 0 Å². The molecule has 0 radical (unpaired) electrons. The van der Waals surface area contributed by atoms with Gasteiger partial charge >= 0.3 is 0 Å². The minimum absolute atomic E-state index is 0.163. The zero-order valence-electron chi connectivity index (χ0n) is 13.2. The first-order valence-electron chi connectivity index (χ1n) is 8.71. The second-order valence-electron chi connectivity index (χ2n) is 7.49. The van der Waals surface area contributed by atoms with Crippen molar-refractivity contribution in [2.45, 2.75) is 57.5 Å². The molecule has 0 unspecified atom stereocenters. The summed E-state index contributed by atoms with van der Waals surface area (Å²) in [6.45, 7) is 2.17. The smallest absolute Gasteiger partial charge is 0.226 e. The molecule has 2 bridgehead atoms. The zero-order chi connectivity index (χ0) is 15.3. The summed E-state index contributed by atoms with van der Waals surface area (Å²) in [6.07, 6.45) is 7.40. The maximum Gasteiger partial charge on any atom is 0.226 e. The lowest BCUT2D eigenvalue weighted by molar-refractivity contribution is -0.140. The average Bonchev–Trinajstić information content (AvgIpc) is 3.11. The third-order valence-corrected chi connectivity index (χ3v) is 6.27. The normalized spacial score (nSPS) is 31.3. The highest BCUT2D eigenvalue weighted by molar-refractivity contribution is 6.30. The molecular formula is C19H24ClNO. The summed E-state index contributed by atoms with van der Waals surface area (Å²) in [5.74, 6) is 2.22. The van der Waals surface area contributed by atoms with Gasteiger partial charge in [-0.05, 0) is 68.6 Å². The van der Waals surface area contributed by atoms with Gasteiger partial charge in [0.25, 0.3) is 0 Å². The first-order chi connectivity index (χ1) is 10.6. The molecule has 4 rings (SSSR count). The highest BCUT2D eigenvalue weighted by Gasteiger charge is 2.47. The van der Waals surface area contributed by atoms with Crippen LogP contribution in [0.1, 0.15) is 57.1 Å². The molecule has 118 valence electrons. The number of hydrogen-bond donors (Lipinski definition) is 0. The van der Waals surface area contributed by atoms with E-state index < -0.39 is 0 Å². The quantitative estimate of drug-likeness (QED) is 0.779. The van der Waals surface area contributed by atoms with Gasteiger partial charge in [0.15, 0.2) is 0 Å². The van der Waals surface area contributed by atoms with Crippen LogP contribution in [-0.2, 0) is 4.79 Å². The Bertz CT molecular complexity index is 565. The molecule has 3 aliphatic carbocycles. The predicted molar refractivity (Wildman–Crippen MR) is 88.7 cm³/mol. The van der Waals surface area contributed by atoms with Gasteiger partial charge < -0.3 is 4.90 Å². The molecule has 0 heterocycles. The van der Waals surface area contributed by atoms with E-state index in [1.807, 2.05) is 12.1 Å². The number of carbonyl (C=O) groups is 1. The SMILES string of the molecule is C[C@@H](c1ccc(Cl)cc1)N(C(=O)[C@H]1C[C@H]2CC[C@H]1C2)C1CC1. The van der Waals surface area contributed by atoms with Crippen LogP contribution in [0.5, 0.6) is 0 Å². The Kier molecular flexibility index (Phi) is 3.68. The fourth-order valence-corrected chi connectivity index (χ4v) is 4.81. The lowest BCUT2D eigenvalue weighted by Gasteiger charge is -2.34. The van der Waals surface area contributed by atoms with Crippen LogP contribution in [0.4, 0.5) is 0 Å². The predicted octanol–water partition coefficient (Wildman–Crippen LogP) is 4.83. The lowest BCUT2D eigenvalue weighted by atomic mass is 9.87. The molecule has 4 atom stereocenters. The summed E-state index contributed by atoms with van der Waals surface area (Å²) in [5.41, 5.74) is 1.20. The maximum atomic E-state index is 13.2. The van der Waals surface area contributed by atoms with Crippen molar-refractivity contribution < 1.29 is 4.79 Å². The summed E-state index contributed by atoms with van der Waals surface area (Å²) in [6, 6.07) is 8.63. The molecule has 0 N–H and O–H groups in total. The Balaban J connectivity index is 1.55. The third kappa shape index (κ3) is 2.56. The molecule has 22 heavy (non-hydrogen) atoms. The molecule has 1 aromatic rings. The van der Waals surface area contributed by atoms with Crippen molar-refractivity contribution in [1.29, 1.82) is 0 Å². The monoisotopic (exact) mass is 317 g/mol. The fourth-order valence-electron chi connectivity index (χ4n) is 4.68. The largest absolute Gasteiger partial charge is 0.333 e. The van der Waals surface area contributed by atoms with Crippen LogP contribution in [-0.4, -0.2) is 16.8 Å². The van der Waals surface area contributed by atoms with Crippen LogP contribution >= 0.6 is 11.6 Å². The van der Waals surface area contributed by atoms with Crippen molar-refractivity contribution in [3.8, 4) is 0 Å². The standard InChI is InChI=1S/C19H24ClNO/c1-12(14-4-6-16(20)7-5-14)21(17-8-9-17)19(22)18-11-13-2-3-15(18)10-13/h4-7,12-13,15,17-18H,2-3,8-11H2,1H3/t12-,13-,15-,18-/m0/s1. The number of halogens is 1. The Morgan fingerprint density at radius 1 is 1.14 bits per heavy atom. The molecule has 3 heteroatoms. The molecule has 0 aliphatic heterocycles. The third-order valence-electron chi connectivity index (χ3n) is 6.02. The molecule has 0 aromatic heterocycles. The number of rotatable bonds is 4. The lowest BCUT2D eigenvalue weighted by Crippen LogP contribution is -2.41. The molecule has 3 aliphatic rings. The molecule has 0 spiro atoms. The number of hydrogen-bond acceptors (Lipinski definition) is 1. The van der Waals surface area contributed by atoms with E-state index in [0.717, 1.165) is 17.4 Å². The van der Waals surface area contributed by atoms with Crippen molar-refractivity contribution in [1.82, 2.24) is 4.90 Å². The van der Waals surface area contributed by atoms with E-state index in [1.54, 1.807) is 0 Å². The number of benzene rings is 1. The highest BCUT2D eigenvalue weighted by Crippen LogP contribution is 2.50. The van der Waals surface area contributed by atoms with Gasteiger partial charge in [0.1, 0.15) is 0 Å². The van der Waals surface area contributed by atoms with Crippen molar-refractivity contribution in [2.75, 3.05) is 0 Å². The number of fused-ring (bicyclic) bond motifs is 2. The zero-order valence-corrected chi connectivity index (χ0v) is 13.9. The van der Waals surface area contributed by atoms with Gasteiger partial charge in [0.05, 0.1) is 6.04 Å². The van der Waals surface area contributed by atoms with Gasteiger partial charge in [0, 0.05) is 17.0 Å². The number of nitrogens with zero attached hydrogens (tertiary/aromatic N) is 1. The molecular weight excluding hydrogens is 294 g/mol. The van der Waals surface area contributed by atoms with Gasteiger partial charge in [-0.25, -0.2) is 0 Å². The van der Waals surface area contributed by atoms with Gasteiger partial charge in [-0.2, -0.15) is 0 Å². The fraction of sp³-hybridized carbons (Fsp3) is 0.632. The van der Waals surface area contributed by atoms with E-state index in [0.29, 0.717) is 23.8 Å². The van der Waals surface area contributed by atoms with E-state index in [-0.39, 0.29) is 6.04 Å². The molecule has 1 aromatic carbocycles. The Morgan fingerprint density at radius 3 is 2.41 bits per heavy atom. The summed E-state index contributed by atoms with van der Waals surface area (Å²) < 4.78 is 0. The van der Waals surface area contributed by atoms with Crippen molar-refractivity contribution >= 4 is 17.5 Å². The first kappa shape index (κ1) is 14.6. The van der Waals surface area contributed by atoms with Crippen LogP contribution in [0.15, 0.2) is 24.3 Å². The molecule has 0 saturated heterocycles. The van der Waals surface area contributed by atoms with Crippen LogP contribution in [0.3, 0.4) is 0 Å². The summed E-state index contributed by atoms with van der Waals surface area (Å²) in [5, 5.41) is 0.758. The molecule has 1 amide bonds. The topological polar surface area (TPSA) is 20.3 Å². The van der Waals surface area contributed by atoms with Crippen LogP contribution in [0, 0.1) is 17.8 Å². The van der Waals surface area contributed by atoms with Crippen LogP contribution in [0.25, 0.3) is 0 Å². The molecule has 2 nitrogen and oxygen atoms in total. The minimum atomic E-state index is 0.163. The van der Waals surface area contributed by atoms with E-state index >= 15 is 0 Å². The second kappa shape index (κ2) is 5.56. The van der Waals surface area contributed by atoms with Gasteiger partial charge in [-0.15, -0.1) is 0 Å². The van der Waals surface area contributed by atoms with Crippen LogP contribution in [0.2, 0.25) is 5.02 Å². The second-order valence-corrected chi connectivity index (χ2v) is 7.92. The number of amides is 1.